The normalized spacial score (nSPS) is 19.6. The van der Waals surface area contributed by atoms with E-state index in [1.807, 2.05) is 0 Å². The molecule has 0 bridgehead atoms. The first-order valence-electron chi connectivity index (χ1n) is 6.94. The zero-order valence-corrected chi connectivity index (χ0v) is 13.4. The Morgan fingerprint density at radius 3 is 2.95 bits per heavy atom. The van der Waals surface area contributed by atoms with Crippen molar-refractivity contribution in [1.29, 1.82) is 0 Å². The maximum Gasteiger partial charge on any atom is 0.252 e. The van der Waals surface area contributed by atoms with Crippen LogP contribution in [0.25, 0.3) is 0 Å². The summed E-state index contributed by atoms with van der Waals surface area (Å²) in [7, 11) is 0. The van der Waals surface area contributed by atoms with E-state index in [0.717, 1.165) is 19.5 Å². The SMILES string of the molecule is CC(C)N1CC[C@H](CNC(=O)c2cc(F)ccc2Br)C1. The Morgan fingerprint density at radius 2 is 2.30 bits per heavy atom. The van der Waals surface area contributed by atoms with Gasteiger partial charge in [-0.2, -0.15) is 0 Å². The van der Waals surface area contributed by atoms with Crippen LogP contribution in [0.4, 0.5) is 4.39 Å². The van der Waals surface area contributed by atoms with Gasteiger partial charge in [0.2, 0.25) is 0 Å². The van der Waals surface area contributed by atoms with Gasteiger partial charge >= 0.3 is 0 Å². The van der Waals surface area contributed by atoms with Crippen molar-refractivity contribution in [3.8, 4) is 0 Å². The van der Waals surface area contributed by atoms with Gasteiger partial charge in [0.25, 0.3) is 5.91 Å². The molecule has 5 heteroatoms. The molecule has 0 spiro atoms. The quantitative estimate of drug-likeness (QED) is 0.911. The molecular formula is C15H20BrFN2O. The second-order valence-electron chi connectivity index (χ2n) is 5.58. The van der Waals surface area contributed by atoms with Crippen LogP contribution in [0.1, 0.15) is 30.6 Å². The van der Waals surface area contributed by atoms with E-state index in [9.17, 15) is 9.18 Å². The summed E-state index contributed by atoms with van der Waals surface area (Å²) in [5.41, 5.74) is 0.351. The highest BCUT2D eigenvalue weighted by atomic mass is 79.9. The van der Waals surface area contributed by atoms with E-state index < -0.39 is 5.82 Å². The Hall–Kier alpha value is -0.940. The Bertz CT molecular complexity index is 493. The van der Waals surface area contributed by atoms with E-state index in [2.05, 4.69) is 40.0 Å². The van der Waals surface area contributed by atoms with E-state index in [-0.39, 0.29) is 5.91 Å². The molecule has 110 valence electrons. The number of likely N-dealkylation sites (tertiary alicyclic amines) is 1. The van der Waals surface area contributed by atoms with Crippen molar-refractivity contribution < 1.29 is 9.18 Å². The monoisotopic (exact) mass is 342 g/mol. The third kappa shape index (κ3) is 3.79. The summed E-state index contributed by atoms with van der Waals surface area (Å²) in [6, 6.07) is 4.70. The number of nitrogens with zero attached hydrogens (tertiary/aromatic N) is 1. The van der Waals surface area contributed by atoms with E-state index >= 15 is 0 Å². The Balaban J connectivity index is 1.88. The van der Waals surface area contributed by atoms with Gasteiger partial charge in [0.05, 0.1) is 5.56 Å². The lowest BCUT2D eigenvalue weighted by atomic mass is 10.1. The number of halogens is 2. The highest BCUT2D eigenvalue weighted by Gasteiger charge is 2.24. The molecular weight excluding hydrogens is 323 g/mol. The molecule has 0 aliphatic carbocycles. The number of hydrogen-bond acceptors (Lipinski definition) is 2. The number of nitrogens with one attached hydrogen (secondary N) is 1. The molecule has 3 nitrogen and oxygen atoms in total. The highest BCUT2D eigenvalue weighted by Crippen LogP contribution is 2.20. The van der Waals surface area contributed by atoms with E-state index in [4.69, 9.17) is 0 Å². The first kappa shape index (κ1) is 15.4. The summed E-state index contributed by atoms with van der Waals surface area (Å²) in [5, 5.41) is 2.91. The summed E-state index contributed by atoms with van der Waals surface area (Å²) in [6.45, 7) is 7.12. The molecule has 0 aromatic heterocycles. The molecule has 1 saturated heterocycles. The van der Waals surface area contributed by atoms with Crippen LogP contribution in [-0.2, 0) is 0 Å². The van der Waals surface area contributed by atoms with Gasteiger partial charge in [0, 0.05) is 23.6 Å². The minimum atomic E-state index is -0.398. The predicted molar refractivity (Wildman–Crippen MR) is 81.2 cm³/mol. The maximum atomic E-state index is 13.2. The molecule has 2 rings (SSSR count). The van der Waals surface area contributed by atoms with Crippen LogP contribution in [0.2, 0.25) is 0 Å². The maximum absolute atomic E-state index is 13.2. The van der Waals surface area contributed by atoms with Gasteiger partial charge < -0.3 is 10.2 Å². The third-order valence-electron chi connectivity index (χ3n) is 3.77. The van der Waals surface area contributed by atoms with Gasteiger partial charge in [-0.3, -0.25) is 4.79 Å². The number of benzene rings is 1. The first-order valence-corrected chi connectivity index (χ1v) is 7.74. The fraction of sp³-hybridized carbons (Fsp3) is 0.533. The Kier molecular flexibility index (Phi) is 5.16. The lowest BCUT2D eigenvalue weighted by Crippen LogP contribution is -2.33. The fourth-order valence-electron chi connectivity index (χ4n) is 2.50. The van der Waals surface area contributed by atoms with Crippen molar-refractivity contribution in [1.82, 2.24) is 10.2 Å². The van der Waals surface area contributed by atoms with Gasteiger partial charge in [0.15, 0.2) is 0 Å². The second kappa shape index (κ2) is 6.68. The van der Waals surface area contributed by atoms with Crippen molar-refractivity contribution in [2.24, 2.45) is 5.92 Å². The smallest absolute Gasteiger partial charge is 0.252 e. The minimum absolute atomic E-state index is 0.223. The lowest BCUT2D eigenvalue weighted by molar-refractivity contribution is 0.0946. The summed E-state index contributed by atoms with van der Waals surface area (Å²) in [5.74, 6) is -0.141. The molecule has 0 unspecified atom stereocenters. The molecule has 0 radical (unpaired) electrons. The molecule has 1 N–H and O–H groups in total. The molecule has 1 fully saturated rings. The van der Waals surface area contributed by atoms with Gasteiger partial charge in [-0.1, -0.05) is 0 Å². The molecule has 1 aromatic rings. The standard InChI is InChI=1S/C15H20BrFN2O/c1-10(2)19-6-5-11(9-19)8-18-15(20)13-7-12(17)3-4-14(13)16/h3-4,7,10-11H,5-6,8-9H2,1-2H3,(H,18,20)/t11-/m1/s1. The average molecular weight is 343 g/mol. The van der Waals surface area contributed by atoms with Gasteiger partial charge in [-0.15, -0.1) is 0 Å². The molecule has 1 amide bonds. The lowest BCUT2D eigenvalue weighted by Gasteiger charge is -2.20. The molecule has 1 aromatic carbocycles. The largest absolute Gasteiger partial charge is 0.352 e. The number of rotatable bonds is 4. The van der Waals surface area contributed by atoms with Gasteiger partial charge in [0.1, 0.15) is 5.82 Å². The first-order chi connectivity index (χ1) is 9.47. The Morgan fingerprint density at radius 1 is 1.55 bits per heavy atom. The van der Waals surface area contributed by atoms with E-state index in [1.54, 1.807) is 6.07 Å². The molecule has 1 atom stereocenters. The van der Waals surface area contributed by atoms with Crippen molar-refractivity contribution in [2.75, 3.05) is 19.6 Å². The van der Waals surface area contributed by atoms with Crippen LogP contribution in [0.15, 0.2) is 22.7 Å². The van der Waals surface area contributed by atoms with E-state index in [0.29, 0.717) is 28.5 Å². The number of hydrogen-bond donors (Lipinski definition) is 1. The zero-order valence-electron chi connectivity index (χ0n) is 11.8. The summed E-state index contributed by atoms with van der Waals surface area (Å²) in [4.78, 5) is 14.5. The molecule has 0 saturated carbocycles. The topological polar surface area (TPSA) is 32.3 Å². The summed E-state index contributed by atoms with van der Waals surface area (Å²) >= 11 is 3.28. The van der Waals surface area contributed by atoms with Crippen molar-refractivity contribution in [3.63, 3.8) is 0 Å². The van der Waals surface area contributed by atoms with Crippen LogP contribution in [0, 0.1) is 11.7 Å². The fourth-order valence-corrected chi connectivity index (χ4v) is 2.93. The van der Waals surface area contributed by atoms with Crippen molar-refractivity contribution in [3.05, 3.63) is 34.1 Å². The highest BCUT2D eigenvalue weighted by molar-refractivity contribution is 9.10. The van der Waals surface area contributed by atoms with E-state index in [1.165, 1.54) is 12.1 Å². The predicted octanol–water partition coefficient (Wildman–Crippen LogP) is 3.05. The van der Waals surface area contributed by atoms with Crippen LogP contribution in [0.3, 0.4) is 0 Å². The van der Waals surface area contributed by atoms with Crippen LogP contribution in [0.5, 0.6) is 0 Å². The minimum Gasteiger partial charge on any atom is -0.352 e. The molecule has 1 heterocycles. The summed E-state index contributed by atoms with van der Waals surface area (Å²) < 4.78 is 13.8. The van der Waals surface area contributed by atoms with Crippen molar-refractivity contribution >= 4 is 21.8 Å². The van der Waals surface area contributed by atoms with Crippen LogP contribution in [-0.4, -0.2) is 36.5 Å². The van der Waals surface area contributed by atoms with Crippen LogP contribution >= 0.6 is 15.9 Å². The molecule has 1 aliphatic rings. The number of amides is 1. The second-order valence-corrected chi connectivity index (χ2v) is 6.43. The third-order valence-corrected chi connectivity index (χ3v) is 4.46. The van der Waals surface area contributed by atoms with Gasteiger partial charge in [-0.25, -0.2) is 4.39 Å². The zero-order chi connectivity index (χ0) is 14.7. The molecule has 1 aliphatic heterocycles. The van der Waals surface area contributed by atoms with Gasteiger partial charge in [-0.05, 0) is 66.9 Å². The number of carbonyl (C=O) groups is 1. The average Bonchev–Trinajstić information content (AvgIpc) is 2.88. The Labute approximate surface area is 127 Å². The van der Waals surface area contributed by atoms with Crippen LogP contribution < -0.4 is 5.32 Å². The number of carbonyl (C=O) groups excluding carboxylic acids is 1. The molecule has 20 heavy (non-hydrogen) atoms. The van der Waals surface area contributed by atoms with Crippen molar-refractivity contribution in [2.45, 2.75) is 26.3 Å². The summed E-state index contributed by atoms with van der Waals surface area (Å²) in [6.07, 6.45) is 1.10.